The molecule has 1 aliphatic heterocycles. The third-order valence-electron chi connectivity index (χ3n) is 5.12. The van der Waals surface area contributed by atoms with Gasteiger partial charge in [-0.2, -0.15) is 0 Å². The van der Waals surface area contributed by atoms with Gasteiger partial charge in [0.1, 0.15) is 0 Å². The molecule has 1 aromatic rings. The van der Waals surface area contributed by atoms with Crippen LogP contribution in [0.2, 0.25) is 0 Å². The summed E-state index contributed by atoms with van der Waals surface area (Å²) in [6.45, 7) is 5.54. The van der Waals surface area contributed by atoms with E-state index in [1.54, 1.807) is 0 Å². The number of hydrogen-bond donors (Lipinski definition) is 3. The minimum atomic E-state index is 0.135. The molecule has 0 aromatic heterocycles. The van der Waals surface area contributed by atoms with Crippen LogP contribution in [0.1, 0.15) is 38.2 Å². The molecule has 0 unspecified atom stereocenters. The zero-order chi connectivity index (χ0) is 14.6. The molecule has 3 rings (SSSR count). The second-order valence-corrected chi connectivity index (χ2v) is 6.36. The van der Waals surface area contributed by atoms with Crippen molar-refractivity contribution in [1.29, 1.82) is 0 Å². The first-order valence-corrected chi connectivity index (χ1v) is 8.13. The number of ether oxygens (including phenoxy) is 1. The summed E-state index contributed by atoms with van der Waals surface area (Å²) < 4.78 is 5.47. The lowest BCUT2D eigenvalue weighted by Crippen LogP contribution is -2.57. The van der Waals surface area contributed by atoms with Gasteiger partial charge in [0, 0.05) is 17.6 Å². The zero-order valence-corrected chi connectivity index (χ0v) is 13.0. The lowest BCUT2D eigenvalue weighted by molar-refractivity contribution is 0.0927. The highest BCUT2D eigenvalue weighted by Gasteiger charge is 2.43. The van der Waals surface area contributed by atoms with Crippen LogP contribution in [0.25, 0.3) is 0 Å². The predicted octanol–water partition coefficient (Wildman–Crippen LogP) is 1.93. The highest BCUT2D eigenvalue weighted by Crippen LogP contribution is 2.41. The van der Waals surface area contributed by atoms with E-state index in [-0.39, 0.29) is 11.1 Å². The van der Waals surface area contributed by atoms with Crippen molar-refractivity contribution in [2.24, 2.45) is 0 Å². The Kier molecular flexibility index (Phi) is 4.60. The van der Waals surface area contributed by atoms with E-state index in [4.69, 9.17) is 4.74 Å². The Labute approximate surface area is 127 Å². The molecule has 2 fully saturated rings. The molecule has 0 radical (unpaired) electrons. The number of benzene rings is 1. The lowest BCUT2D eigenvalue weighted by Gasteiger charge is -2.47. The van der Waals surface area contributed by atoms with Gasteiger partial charge < -0.3 is 10.1 Å². The summed E-state index contributed by atoms with van der Waals surface area (Å²) in [5.74, 6) is 0. The second-order valence-electron chi connectivity index (χ2n) is 6.36. The molecule has 1 aliphatic carbocycles. The van der Waals surface area contributed by atoms with Gasteiger partial charge in [-0.3, -0.25) is 10.6 Å². The van der Waals surface area contributed by atoms with Crippen LogP contribution in [-0.4, -0.2) is 32.1 Å². The molecule has 1 aromatic carbocycles. The highest BCUT2D eigenvalue weighted by molar-refractivity contribution is 5.26. The first-order valence-electron chi connectivity index (χ1n) is 8.13. The molecular weight excluding hydrogens is 262 g/mol. The maximum Gasteiger partial charge on any atom is 0.0987 e. The number of hydrogen-bond acceptors (Lipinski definition) is 4. The molecule has 0 amide bonds. The summed E-state index contributed by atoms with van der Waals surface area (Å²) in [5, 5.41) is 10.8. The van der Waals surface area contributed by atoms with E-state index in [0.29, 0.717) is 13.5 Å². The molecule has 0 bridgehead atoms. The fourth-order valence-electron chi connectivity index (χ4n) is 3.85. The fraction of sp³-hybridized carbons (Fsp3) is 0.647. The third kappa shape index (κ3) is 3.14. The Bertz CT molecular complexity index is 431. The topological polar surface area (TPSA) is 45.3 Å². The van der Waals surface area contributed by atoms with E-state index in [2.05, 4.69) is 53.2 Å². The molecule has 4 nitrogen and oxygen atoms in total. The van der Waals surface area contributed by atoms with Gasteiger partial charge in [-0.05, 0) is 37.8 Å². The highest BCUT2D eigenvalue weighted by atomic mass is 16.5. The van der Waals surface area contributed by atoms with Gasteiger partial charge in [0.2, 0.25) is 0 Å². The molecule has 4 heteroatoms. The van der Waals surface area contributed by atoms with E-state index in [1.807, 2.05) is 0 Å². The Hall–Kier alpha value is -0.940. The molecule has 1 saturated heterocycles. The molecule has 2 aliphatic rings. The standard InChI is InChI=1S/C17H27N3O/c1-2-19-17(15-6-4-3-5-7-15)10-8-16(9-11-17)12-18-13-21-14-20-16/h3-7,18-20H,2,8-14H2,1H3/t16-,17+. The van der Waals surface area contributed by atoms with Gasteiger partial charge in [0.25, 0.3) is 0 Å². The van der Waals surface area contributed by atoms with Crippen molar-refractivity contribution in [3.63, 3.8) is 0 Å². The van der Waals surface area contributed by atoms with E-state index < -0.39 is 0 Å². The van der Waals surface area contributed by atoms with Gasteiger partial charge in [0.05, 0.1) is 13.5 Å². The lowest BCUT2D eigenvalue weighted by atomic mass is 9.69. The van der Waals surface area contributed by atoms with Crippen LogP contribution in [-0.2, 0) is 10.3 Å². The van der Waals surface area contributed by atoms with Crippen molar-refractivity contribution in [2.75, 3.05) is 26.6 Å². The van der Waals surface area contributed by atoms with Crippen LogP contribution in [0.3, 0.4) is 0 Å². The van der Waals surface area contributed by atoms with Crippen molar-refractivity contribution in [1.82, 2.24) is 16.0 Å². The molecule has 3 N–H and O–H groups in total. The summed E-state index contributed by atoms with van der Waals surface area (Å²) >= 11 is 0. The Morgan fingerprint density at radius 3 is 2.57 bits per heavy atom. The molecule has 0 atom stereocenters. The smallest absolute Gasteiger partial charge is 0.0987 e. The maximum absolute atomic E-state index is 5.47. The quantitative estimate of drug-likeness (QED) is 0.796. The molecular formula is C17H27N3O. The summed E-state index contributed by atoms with van der Waals surface area (Å²) in [6, 6.07) is 10.9. The fourth-order valence-corrected chi connectivity index (χ4v) is 3.85. The van der Waals surface area contributed by atoms with Crippen LogP contribution >= 0.6 is 0 Å². The zero-order valence-electron chi connectivity index (χ0n) is 13.0. The van der Waals surface area contributed by atoms with Crippen LogP contribution in [0, 0.1) is 0 Å². The van der Waals surface area contributed by atoms with E-state index in [0.717, 1.165) is 13.1 Å². The predicted molar refractivity (Wildman–Crippen MR) is 85.0 cm³/mol. The number of nitrogens with one attached hydrogen (secondary N) is 3. The minimum Gasteiger partial charge on any atom is -0.351 e. The van der Waals surface area contributed by atoms with Gasteiger partial charge in [-0.25, -0.2) is 0 Å². The molecule has 116 valence electrons. The van der Waals surface area contributed by atoms with Crippen molar-refractivity contribution in [3.05, 3.63) is 35.9 Å². The molecule has 1 spiro atoms. The Morgan fingerprint density at radius 2 is 1.86 bits per heavy atom. The van der Waals surface area contributed by atoms with Crippen molar-refractivity contribution < 1.29 is 4.74 Å². The van der Waals surface area contributed by atoms with Crippen LogP contribution in [0.5, 0.6) is 0 Å². The van der Waals surface area contributed by atoms with Crippen molar-refractivity contribution in [2.45, 2.75) is 43.7 Å². The normalized spacial score (nSPS) is 33.8. The van der Waals surface area contributed by atoms with Crippen molar-refractivity contribution in [3.8, 4) is 0 Å². The molecule has 1 heterocycles. The van der Waals surface area contributed by atoms with Crippen LogP contribution < -0.4 is 16.0 Å². The molecule has 1 saturated carbocycles. The van der Waals surface area contributed by atoms with Gasteiger partial charge in [-0.1, -0.05) is 37.3 Å². The second kappa shape index (κ2) is 6.44. The van der Waals surface area contributed by atoms with Crippen LogP contribution in [0.15, 0.2) is 30.3 Å². The SMILES string of the molecule is CCN[C@]1(c2ccccc2)CC[C@]2(CC1)CNCOCN2. The minimum absolute atomic E-state index is 0.135. The summed E-state index contributed by atoms with van der Waals surface area (Å²) in [7, 11) is 0. The maximum atomic E-state index is 5.47. The molecule has 21 heavy (non-hydrogen) atoms. The van der Waals surface area contributed by atoms with Gasteiger partial charge in [0.15, 0.2) is 0 Å². The van der Waals surface area contributed by atoms with E-state index in [1.165, 1.54) is 31.2 Å². The first kappa shape index (κ1) is 15.0. The summed E-state index contributed by atoms with van der Waals surface area (Å²) in [5.41, 5.74) is 1.76. The average molecular weight is 289 g/mol. The monoisotopic (exact) mass is 289 g/mol. The van der Waals surface area contributed by atoms with Gasteiger partial charge >= 0.3 is 0 Å². The average Bonchev–Trinajstić information content (AvgIpc) is 2.77. The van der Waals surface area contributed by atoms with Crippen LogP contribution in [0.4, 0.5) is 0 Å². The largest absolute Gasteiger partial charge is 0.351 e. The first-order chi connectivity index (χ1) is 10.3. The van der Waals surface area contributed by atoms with E-state index in [9.17, 15) is 0 Å². The summed E-state index contributed by atoms with van der Waals surface area (Å²) in [6.07, 6.45) is 4.68. The Morgan fingerprint density at radius 1 is 1.10 bits per heavy atom. The van der Waals surface area contributed by atoms with Gasteiger partial charge in [-0.15, -0.1) is 0 Å². The van der Waals surface area contributed by atoms with E-state index >= 15 is 0 Å². The Balaban J connectivity index is 1.77. The number of rotatable bonds is 3. The summed E-state index contributed by atoms with van der Waals surface area (Å²) in [4.78, 5) is 0. The van der Waals surface area contributed by atoms with Crippen molar-refractivity contribution >= 4 is 0 Å². The third-order valence-corrected chi connectivity index (χ3v) is 5.12.